The van der Waals surface area contributed by atoms with E-state index in [4.69, 9.17) is 9.47 Å². The van der Waals surface area contributed by atoms with Crippen molar-refractivity contribution in [3.8, 4) is 5.75 Å². The summed E-state index contributed by atoms with van der Waals surface area (Å²) in [7, 11) is 0. The van der Waals surface area contributed by atoms with Crippen molar-refractivity contribution in [2.75, 3.05) is 43.0 Å². The van der Waals surface area contributed by atoms with Crippen LogP contribution in [-0.4, -0.2) is 61.9 Å². The van der Waals surface area contributed by atoms with Crippen molar-refractivity contribution in [3.05, 3.63) is 12.1 Å². The summed E-state index contributed by atoms with van der Waals surface area (Å²) in [6.45, 7) is 3.06. The molecular formula is C16H21N5O4. The molecule has 3 N–H and O–H groups in total. The molecule has 3 aliphatic rings. The van der Waals surface area contributed by atoms with E-state index in [9.17, 15) is 9.59 Å². The first-order valence-corrected chi connectivity index (χ1v) is 8.55. The number of carbonyl (C=O) groups is 2. The summed E-state index contributed by atoms with van der Waals surface area (Å²) in [6, 6.07) is 3.86. The van der Waals surface area contributed by atoms with Crippen molar-refractivity contribution in [1.29, 1.82) is 0 Å². The van der Waals surface area contributed by atoms with Crippen LogP contribution in [0.4, 0.5) is 16.4 Å². The Morgan fingerprint density at radius 1 is 1.28 bits per heavy atom. The first-order chi connectivity index (χ1) is 12.2. The van der Waals surface area contributed by atoms with Gasteiger partial charge in [-0.1, -0.05) is 0 Å². The van der Waals surface area contributed by atoms with E-state index in [1.807, 2.05) is 0 Å². The minimum atomic E-state index is -0.424. The second-order valence-electron chi connectivity index (χ2n) is 6.40. The molecule has 1 aromatic heterocycles. The number of piperidine rings is 1. The van der Waals surface area contributed by atoms with E-state index in [1.54, 1.807) is 12.1 Å². The van der Waals surface area contributed by atoms with Gasteiger partial charge >= 0.3 is 6.09 Å². The number of cyclic esters (lactones) is 1. The van der Waals surface area contributed by atoms with Gasteiger partial charge < -0.3 is 25.4 Å². The maximum Gasteiger partial charge on any atom is 0.416 e. The van der Waals surface area contributed by atoms with E-state index in [1.165, 1.54) is 4.90 Å². The van der Waals surface area contributed by atoms with Crippen molar-refractivity contribution >= 4 is 23.6 Å². The van der Waals surface area contributed by atoms with Gasteiger partial charge in [-0.25, -0.2) is 9.78 Å². The van der Waals surface area contributed by atoms with E-state index in [2.05, 4.69) is 20.9 Å². The largest absolute Gasteiger partial charge is 0.480 e. The SMILES string of the molecule is O=C1COc2ccc(N3C[C@@H](CNC4CCNCC4)OC3=O)nc2N1. The lowest BCUT2D eigenvalue weighted by atomic mass is 10.1. The maximum absolute atomic E-state index is 12.2. The highest BCUT2D eigenvalue weighted by atomic mass is 16.6. The highest BCUT2D eigenvalue weighted by Gasteiger charge is 2.34. The van der Waals surface area contributed by atoms with Crippen molar-refractivity contribution < 1.29 is 19.1 Å². The third-order valence-electron chi connectivity index (χ3n) is 4.58. The Balaban J connectivity index is 1.38. The minimum Gasteiger partial charge on any atom is -0.480 e. The number of aromatic nitrogens is 1. The molecule has 134 valence electrons. The van der Waals surface area contributed by atoms with E-state index >= 15 is 0 Å². The lowest BCUT2D eigenvalue weighted by Gasteiger charge is -2.24. The Kier molecular flexibility index (Phi) is 4.41. The predicted octanol–water partition coefficient (Wildman–Crippen LogP) is 0.0793. The van der Waals surface area contributed by atoms with Crippen LogP contribution in [0.3, 0.4) is 0 Å². The average Bonchev–Trinajstić information content (AvgIpc) is 3.01. The van der Waals surface area contributed by atoms with Crippen molar-refractivity contribution in [2.45, 2.75) is 25.0 Å². The average molecular weight is 347 g/mol. The summed E-state index contributed by atoms with van der Waals surface area (Å²) in [4.78, 5) is 29.4. The molecule has 0 saturated carbocycles. The zero-order valence-electron chi connectivity index (χ0n) is 13.8. The Labute approximate surface area is 145 Å². The van der Waals surface area contributed by atoms with Crippen LogP contribution in [0, 0.1) is 0 Å². The Morgan fingerprint density at radius 2 is 2.12 bits per heavy atom. The van der Waals surface area contributed by atoms with Gasteiger partial charge in [-0.15, -0.1) is 0 Å². The third-order valence-corrected chi connectivity index (χ3v) is 4.58. The predicted molar refractivity (Wildman–Crippen MR) is 89.9 cm³/mol. The fourth-order valence-corrected chi connectivity index (χ4v) is 3.24. The van der Waals surface area contributed by atoms with Crippen LogP contribution >= 0.6 is 0 Å². The number of nitrogens with zero attached hydrogens (tertiary/aromatic N) is 2. The smallest absolute Gasteiger partial charge is 0.416 e. The van der Waals surface area contributed by atoms with Crippen LogP contribution in [0.1, 0.15) is 12.8 Å². The van der Waals surface area contributed by atoms with E-state index in [0.717, 1.165) is 25.9 Å². The number of carbonyl (C=O) groups excluding carboxylic acids is 2. The van der Waals surface area contributed by atoms with Gasteiger partial charge in [-0.3, -0.25) is 9.69 Å². The molecule has 0 aliphatic carbocycles. The standard InChI is InChI=1S/C16H21N5O4/c22-14-9-24-12-1-2-13(19-15(12)20-14)21-8-11(25-16(21)23)7-18-10-3-5-17-6-4-10/h1-2,10-11,17-18H,3-9H2,(H,19,20,22)/t11-/m1/s1. The molecule has 1 aromatic rings. The highest BCUT2D eigenvalue weighted by molar-refractivity contribution is 5.95. The Bertz CT molecular complexity index is 676. The summed E-state index contributed by atoms with van der Waals surface area (Å²) >= 11 is 0. The number of amides is 2. The summed E-state index contributed by atoms with van der Waals surface area (Å²) in [6.07, 6.45) is 1.52. The number of hydrogen-bond donors (Lipinski definition) is 3. The first kappa shape index (κ1) is 16.1. The number of nitrogens with one attached hydrogen (secondary N) is 3. The summed E-state index contributed by atoms with van der Waals surface area (Å²) in [5, 5.41) is 9.44. The zero-order valence-corrected chi connectivity index (χ0v) is 13.8. The van der Waals surface area contributed by atoms with Crippen LogP contribution in [0.2, 0.25) is 0 Å². The molecule has 9 nitrogen and oxygen atoms in total. The third kappa shape index (κ3) is 3.52. The van der Waals surface area contributed by atoms with Crippen LogP contribution in [0.5, 0.6) is 5.75 Å². The molecule has 0 spiro atoms. The van der Waals surface area contributed by atoms with Crippen LogP contribution in [-0.2, 0) is 9.53 Å². The van der Waals surface area contributed by atoms with Gasteiger partial charge in [0.05, 0.1) is 6.54 Å². The Morgan fingerprint density at radius 3 is 2.96 bits per heavy atom. The molecule has 2 fully saturated rings. The van der Waals surface area contributed by atoms with Crippen LogP contribution < -0.4 is 25.6 Å². The number of ether oxygens (including phenoxy) is 2. The molecule has 25 heavy (non-hydrogen) atoms. The normalized spacial score (nSPS) is 23.7. The summed E-state index contributed by atoms with van der Waals surface area (Å²) in [5.74, 6) is 1.02. The molecular weight excluding hydrogens is 326 g/mol. The molecule has 3 aliphatic heterocycles. The molecule has 1 atom stereocenters. The van der Waals surface area contributed by atoms with Gasteiger partial charge in [0, 0.05) is 12.6 Å². The van der Waals surface area contributed by atoms with E-state index < -0.39 is 6.09 Å². The molecule has 4 heterocycles. The fraction of sp³-hybridized carbons (Fsp3) is 0.562. The molecule has 2 saturated heterocycles. The van der Waals surface area contributed by atoms with E-state index in [-0.39, 0.29) is 18.6 Å². The van der Waals surface area contributed by atoms with Gasteiger partial charge in [-0.2, -0.15) is 0 Å². The molecule has 0 aromatic carbocycles. The van der Waals surface area contributed by atoms with Gasteiger partial charge in [0.2, 0.25) is 0 Å². The van der Waals surface area contributed by atoms with Gasteiger partial charge in [0.25, 0.3) is 5.91 Å². The van der Waals surface area contributed by atoms with Crippen LogP contribution in [0.25, 0.3) is 0 Å². The quantitative estimate of drug-likeness (QED) is 0.708. The van der Waals surface area contributed by atoms with Crippen molar-refractivity contribution in [3.63, 3.8) is 0 Å². The summed E-state index contributed by atoms with van der Waals surface area (Å²) in [5.41, 5.74) is 0. The van der Waals surface area contributed by atoms with E-state index in [0.29, 0.717) is 36.5 Å². The highest BCUT2D eigenvalue weighted by Crippen LogP contribution is 2.29. The molecule has 9 heteroatoms. The number of fused-ring (bicyclic) bond motifs is 1. The van der Waals surface area contributed by atoms with Crippen LogP contribution in [0.15, 0.2) is 12.1 Å². The maximum atomic E-state index is 12.2. The zero-order chi connectivity index (χ0) is 17.2. The number of hydrogen-bond acceptors (Lipinski definition) is 7. The van der Waals surface area contributed by atoms with Crippen molar-refractivity contribution in [1.82, 2.24) is 15.6 Å². The fourth-order valence-electron chi connectivity index (χ4n) is 3.24. The summed E-state index contributed by atoms with van der Waals surface area (Å²) < 4.78 is 10.7. The molecule has 0 radical (unpaired) electrons. The number of pyridine rings is 1. The monoisotopic (exact) mass is 347 g/mol. The second kappa shape index (κ2) is 6.85. The minimum absolute atomic E-state index is 0.0236. The van der Waals surface area contributed by atoms with Gasteiger partial charge in [-0.05, 0) is 38.1 Å². The molecule has 0 unspecified atom stereocenters. The Hall–Kier alpha value is -2.39. The second-order valence-corrected chi connectivity index (χ2v) is 6.40. The first-order valence-electron chi connectivity index (χ1n) is 8.55. The van der Waals surface area contributed by atoms with Crippen molar-refractivity contribution in [2.24, 2.45) is 0 Å². The van der Waals surface area contributed by atoms with Gasteiger partial charge in [0.1, 0.15) is 11.9 Å². The molecule has 0 bridgehead atoms. The molecule has 2 amide bonds. The topological polar surface area (TPSA) is 105 Å². The lowest BCUT2D eigenvalue weighted by molar-refractivity contribution is -0.118. The number of anilines is 2. The molecule has 4 rings (SSSR count). The number of rotatable bonds is 4. The van der Waals surface area contributed by atoms with Gasteiger partial charge in [0.15, 0.2) is 18.2 Å². The lowest BCUT2D eigenvalue weighted by Crippen LogP contribution is -2.43.